The van der Waals surface area contributed by atoms with Crippen LogP contribution in [0.3, 0.4) is 0 Å². The van der Waals surface area contributed by atoms with Gasteiger partial charge in [0.25, 0.3) is 5.91 Å². The van der Waals surface area contributed by atoms with E-state index in [0.717, 1.165) is 0 Å². The summed E-state index contributed by atoms with van der Waals surface area (Å²) in [6, 6.07) is 9.60. The van der Waals surface area contributed by atoms with E-state index in [4.69, 9.17) is 11.6 Å². The van der Waals surface area contributed by atoms with Crippen LogP contribution >= 0.6 is 11.6 Å². The van der Waals surface area contributed by atoms with Crippen LogP contribution in [0.1, 0.15) is 26.4 Å². The van der Waals surface area contributed by atoms with Crippen LogP contribution in [0.4, 0.5) is 5.69 Å². The van der Waals surface area contributed by atoms with E-state index < -0.39 is 5.97 Å². The fraction of sp³-hybridized carbons (Fsp3) is 0.133. The molecule has 0 saturated heterocycles. The Labute approximate surface area is 126 Å². The monoisotopic (exact) mass is 304 g/mol. The second kappa shape index (κ2) is 6.37. The van der Waals surface area contributed by atoms with E-state index in [1.165, 1.54) is 13.2 Å². The second-order valence-electron chi connectivity index (χ2n) is 4.35. The van der Waals surface area contributed by atoms with E-state index in [1.54, 1.807) is 37.3 Å². The lowest BCUT2D eigenvalue weighted by molar-refractivity contribution is 0.0600. The Bertz CT molecular complexity index is 681. The number of carbonyl (C=O) groups is 2. The van der Waals surface area contributed by atoms with Gasteiger partial charge in [-0.3, -0.25) is 4.79 Å². The average molecular weight is 305 g/mol. The number of anilines is 1. The predicted molar refractivity (Wildman–Crippen MR) is 79.7 cm³/mol. The molecule has 1 N–H and O–H groups in total. The first kappa shape index (κ1) is 15.0. The van der Waals surface area contributed by atoms with Gasteiger partial charge in [0.05, 0.1) is 12.7 Å². The Balaban J connectivity index is 2.21. The molecule has 0 bridgehead atoms. The van der Waals surface area contributed by atoms with E-state index in [9.17, 15) is 9.59 Å². The lowest BCUT2D eigenvalue weighted by atomic mass is 10.2. The van der Waals surface area contributed by atoms with Crippen LogP contribution in [0.2, 0.25) is 5.15 Å². The van der Waals surface area contributed by atoms with Gasteiger partial charge in [-0.2, -0.15) is 0 Å². The van der Waals surface area contributed by atoms with Crippen molar-refractivity contribution in [2.75, 3.05) is 12.4 Å². The standard InChI is InChI=1S/C15H13ClN2O3/c1-9-6-11(8-13(16)17-9)14(19)18-12-5-3-4-10(7-12)15(20)21-2/h3-8H,1-2H3,(H,18,19). The van der Waals surface area contributed by atoms with Crippen molar-refractivity contribution in [2.45, 2.75) is 6.92 Å². The van der Waals surface area contributed by atoms with Crippen molar-refractivity contribution in [3.8, 4) is 0 Å². The highest BCUT2D eigenvalue weighted by molar-refractivity contribution is 6.29. The van der Waals surface area contributed by atoms with Gasteiger partial charge in [0.1, 0.15) is 5.15 Å². The molecule has 1 amide bonds. The van der Waals surface area contributed by atoms with Gasteiger partial charge >= 0.3 is 5.97 Å². The first-order valence-corrected chi connectivity index (χ1v) is 6.51. The molecule has 108 valence electrons. The third-order valence-corrected chi connectivity index (χ3v) is 2.92. The molecule has 0 unspecified atom stereocenters. The maximum absolute atomic E-state index is 12.2. The quantitative estimate of drug-likeness (QED) is 0.699. The normalized spacial score (nSPS) is 10.0. The van der Waals surface area contributed by atoms with Crippen LogP contribution < -0.4 is 5.32 Å². The molecule has 0 fully saturated rings. The number of ether oxygens (including phenoxy) is 1. The lowest BCUT2D eigenvalue weighted by Crippen LogP contribution is -2.13. The largest absolute Gasteiger partial charge is 0.465 e. The van der Waals surface area contributed by atoms with E-state index in [0.29, 0.717) is 22.5 Å². The summed E-state index contributed by atoms with van der Waals surface area (Å²) in [6.07, 6.45) is 0. The number of hydrogen-bond acceptors (Lipinski definition) is 4. The van der Waals surface area contributed by atoms with Crippen molar-refractivity contribution in [3.05, 3.63) is 58.4 Å². The molecule has 0 aliphatic carbocycles. The van der Waals surface area contributed by atoms with Crippen molar-refractivity contribution < 1.29 is 14.3 Å². The Morgan fingerprint density at radius 2 is 1.95 bits per heavy atom. The molecule has 5 nitrogen and oxygen atoms in total. The van der Waals surface area contributed by atoms with Crippen LogP contribution in [0.15, 0.2) is 36.4 Å². The minimum Gasteiger partial charge on any atom is -0.465 e. The van der Waals surface area contributed by atoms with Gasteiger partial charge in [-0.05, 0) is 37.3 Å². The van der Waals surface area contributed by atoms with Crippen LogP contribution in [0.5, 0.6) is 0 Å². The van der Waals surface area contributed by atoms with E-state index in [-0.39, 0.29) is 11.1 Å². The molecule has 1 aromatic heterocycles. The Morgan fingerprint density at radius 3 is 2.62 bits per heavy atom. The molecule has 0 aliphatic rings. The molecule has 2 aromatic rings. The first-order chi connectivity index (χ1) is 9.99. The topological polar surface area (TPSA) is 68.3 Å². The number of hydrogen-bond donors (Lipinski definition) is 1. The molecule has 0 saturated carbocycles. The molecular formula is C15H13ClN2O3. The summed E-state index contributed by atoms with van der Waals surface area (Å²) in [5, 5.41) is 2.95. The van der Waals surface area contributed by atoms with Crippen molar-refractivity contribution >= 4 is 29.2 Å². The number of carbonyl (C=O) groups excluding carboxylic acids is 2. The van der Waals surface area contributed by atoms with Crippen molar-refractivity contribution in [3.63, 3.8) is 0 Å². The van der Waals surface area contributed by atoms with Gasteiger partial charge in [-0.15, -0.1) is 0 Å². The minimum absolute atomic E-state index is 0.253. The molecule has 1 heterocycles. The van der Waals surface area contributed by atoms with Crippen molar-refractivity contribution in [1.29, 1.82) is 0 Å². The fourth-order valence-electron chi connectivity index (χ4n) is 1.80. The van der Waals surface area contributed by atoms with Crippen LogP contribution in [0, 0.1) is 6.92 Å². The number of benzene rings is 1. The SMILES string of the molecule is COC(=O)c1cccc(NC(=O)c2cc(C)nc(Cl)c2)c1. The first-order valence-electron chi connectivity index (χ1n) is 6.13. The number of aromatic nitrogens is 1. The van der Waals surface area contributed by atoms with E-state index in [2.05, 4.69) is 15.0 Å². The summed E-state index contributed by atoms with van der Waals surface area (Å²) in [7, 11) is 1.30. The lowest BCUT2D eigenvalue weighted by Gasteiger charge is -2.07. The van der Waals surface area contributed by atoms with Gasteiger partial charge in [0.15, 0.2) is 0 Å². The molecule has 0 atom stereocenters. The summed E-state index contributed by atoms with van der Waals surface area (Å²) < 4.78 is 4.63. The number of pyridine rings is 1. The third kappa shape index (κ3) is 3.79. The minimum atomic E-state index is -0.464. The molecule has 6 heteroatoms. The molecule has 21 heavy (non-hydrogen) atoms. The van der Waals surface area contributed by atoms with Gasteiger partial charge in [0.2, 0.25) is 0 Å². The highest BCUT2D eigenvalue weighted by Gasteiger charge is 2.10. The highest BCUT2D eigenvalue weighted by Crippen LogP contribution is 2.15. The Morgan fingerprint density at radius 1 is 1.19 bits per heavy atom. The fourth-order valence-corrected chi connectivity index (χ4v) is 2.06. The zero-order valence-electron chi connectivity index (χ0n) is 11.5. The smallest absolute Gasteiger partial charge is 0.337 e. The van der Waals surface area contributed by atoms with Gasteiger partial charge < -0.3 is 10.1 Å². The summed E-state index contributed by atoms with van der Waals surface area (Å²) >= 11 is 5.83. The molecular weight excluding hydrogens is 292 g/mol. The van der Waals surface area contributed by atoms with Gasteiger partial charge in [0, 0.05) is 16.9 Å². The summed E-state index contributed by atoms with van der Waals surface area (Å²) in [6.45, 7) is 1.75. The van der Waals surface area contributed by atoms with Crippen molar-refractivity contribution in [1.82, 2.24) is 4.98 Å². The third-order valence-electron chi connectivity index (χ3n) is 2.73. The predicted octanol–water partition coefficient (Wildman–Crippen LogP) is 3.08. The molecule has 1 aromatic carbocycles. The molecule has 0 aliphatic heterocycles. The number of nitrogens with zero attached hydrogens (tertiary/aromatic N) is 1. The molecule has 0 radical (unpaired) electrons. The van der Waals surface area contributed by atoms with Crippen LogP contribution in [-0.4, -0.2) is 24.0 Å². The number of esters is 1. The maximum atomic E-state index is 12.2. The average Bonchev–Trinajstić information content (AvgIpc) is 2.45. The highest BCUT2D eigenvalue weighted by atomic mass is 35.5. The van der Waals surface area contributed by atoms with Gasteiger partial charge in [-0.1, -0.05) is 17.7 Å². The van der Waals surface area contributed by atoms with E-state index >= 15 is 0 Å². The Hall–Kier alpha value is -2.40. The molecule has 0 spiro atoms. The van der Waals surface area contributed by atoms with Gasteiger partial charge in [-0.25, -0.2) is 9.78 Å². The number of methoxy groups -OCH3 is 1. The number of nitrogens with one attached hydrogen (secondary N) is 1. The summed E-state index contributed by atoms with van der Waals surface area (Å²) in [5.41, 5.74) is 1.90. The zero-order valence-corrected chi connectivity index (χ0v) is 12.3. The van der Waals surface area contributed by atoms with Crippen LogP contribution in [-0.2, 0) is 4.74 Å². The number of amides is 1. The number of halogens is 1. The second-order valence-corrected chi connectivity index (χ2v) is 4.73. The summed E-state index contributed by atoms with van der Waals surface area (Å²) in [5.74, 6) is -0.793. The van der Waals surface area contributed by atoms with E-state index in [1.807, 2.05) is 0 Å². The maximum Gasteiger partial charge on any atom is 0.337 e. The zero-order chi connectivity index (χ0) is 15.4. The van der Waals surface area contributed by atoms with Crippen LogP contribution in [0.25, 0.3) is 0 Å². The number of rotatable bonds is 3. The van der Waals surface area contributed by atoms with Crippen molar-refractivity contribution in [2.24, 2.45) is 0 Å². The molecule has 2 rings (SSSR count). The Kier molecular flexibility index (Phi) is 4.55. The number of aryl methyl sites for hydroxylation is 1. The summed E-state index contributed by atoms with van der Waals surface area (Å²) in [4.78, 5) is 27.6.